The fraction of sp³-hybridized carbons (Fsp3) is 0.462. The number of hydrogen-bond acceptors (Lipinski definition) is 2. The Bertz CT molecular complexity index is 513. The van der Waals surface area contributed by atoms with E-state index in [1.807, 2.05) is 18.3 Å². The van der Waals surface area contributed by atoms with Gasteiger partial charge in [0, 0.05) is 20.9 Å². The van der Waals surface area contributed by atoms with E-state index in [1.165, 1.54) is 25.3 Å². The van der Waals surface area contributed by atoms with Crippen LogP contribution in [-0.2, 0) is 18.4 Å². The second-order valence-electron chi connectivity index (χ2n) is 4.20. The molecule has 0 saturated carbocycles. The quantitative estimate of drug-likeness (QED) is 0.498. The molecule has 0 aliphatic carbocycles. The van der Waals surface area contributed by atoms with Gasteiger partial charge in [0.1, 0.15) is 10.6 Å². The van der Waals surface area contributed by atoms with Gasteiger partial charge in [-0.25, -0.2) is 0 Å². The zero-order chi connectivity index (χ0) is 13.2. The van der Waals surface area contributed by atoms with Crippen molar-refractivity contribution in [3.05, 3.63) is 37.1 Å². The average Bonchev–Trinajstić information content (AvgIpc) is 2.32. The van der Waals surface area contributed by atoms with E-state index in [1.54, 1.807) is 17.6 Å². The van der Waals surface area contributed by atoms with Crippen molar-refractivity contribution < 1.29 is 0 Å². The Labute approximate surface area is 112 Å². The van der Waals surface area contributed by atoms with Crippen molar-refractivity contribution in [2.75, 3.05) is 0 Å². The number of aromatic nitrogens is 1. The summed E-state index contributed by atoms with van der Waals surface area (Å²) in [6, 6.07) is 0. The summed E-state index contributed by atoms with van der Waals surface area (Å²) >= 11 is 3.63. The third kappa shape index (κ3) is 3.07. The van der Waals surface area contributed by atoms with Crippen molar-refractivity contribution in [3.8, 4) is 0 Å². The molecular weight excluding hydrogens is 248 g/mol. The highest BCUT2D eigenvalue weighted by Crippen LogP contribution is 2.19. The fourth-order valence-corrected chi connectivity index (χ4v) is 3.86. The van der Waals surface area contributed by atoms with Gasteiger partial charge in [-0.3, -0.25) is 0 Å². The highest BCUT2D eigenvalue weighted by atomic mass is 32.2. The molecule has 0 aromatic carbocycles. The lowest BCUT2D eigenvalue weighted by molar-refractivity contribution is 0.847. The molecule has 1 aromatic heterocycles. The highest BCUT2D eigenvalue weighted by Gasteiger charge is 2.18. The van der Waals surface area contributed by atoms with Gasteiger partial charge in [0.15, 0.2) is 0 Å². The molecule has 17 heavy (non-hydrogen) atoms. The first kappa shape index (κ1) is 14.2. The van der Waals surface area contributed by atoms with Crippen LogP contribution in [0.5, 0.6) is 0 Å². The molecule has 0 aliphatic heterocycles. The second-order valence-corrected chi connectivity index (χ2v) is 6.87. The minimum absolute atomic E-state index is 1.14. The Morgan fingerprint density at radius 1 is 1.53 bits per heavy atom. The number of hydrogen-bond donors (Lipinski definition) is 1. The fourth-order valence-electron chi connectivity index (χ4n) is 1.34. The Morgan fingerprint density at radius 3 is 2.65 bits per heavy atom. The average molecular weight is 269 g/mol. The molecule has 0 bridgehead atoms. The molecule has 0 fully saturated rings. The first-order valence-corrected chi connectivity index (χ1v) is 7.22. The van der Waals surface area contributed by atoms with Crippen LogP contribution in [0, 0.1) is 30.0 Å². The summed E-state index contributed by atoms with van der Waals surface area (Å²) in [4.78, 5) is 1.38. The Morgan fingerprint density at radius 2 is 2.12 bits per heavy atom. The van der Waals surface area contributed by atoms with Gasteiger partial charge in [0.05, 0.1) is 22.2 Å². The maximum Gasteiger partial charge on any atom is 0.441 e. The summed E-state index contributed by atoms with van der Waals surface area (Å²) in [6.45, 7) is 10.7. The normalized spacial score (nSPS) is 13.1. The van der Waals surface area contributed by atoms with Crippen LogP contribution in [-0.4, -0.2) is 4.57 Å². The molecule has 0 radical (unpaired) electrons. The molecule has 0 atom stereocenters. The molecule has 0 spiro atoms. The number of nitrogens with zero attached hydrogens (tertiary/aromatic N) is 1. The summed E-state index contributed by atoms with van der Waals surface area (Å²) in [5.74, 6) is 0. The van der Waals surface area contributed by atoms with Crippen LogP contribution >= 0.6 is 11.3 Å². The maximum absolute atomic E-state index is 5.55. The van der Waals surface area contributed by atoms with Gasteiger partial charge in [0.2, 0.25) is 11.4 Å². The smallest absolute Gasteiger partial charge is 0.441 e. The van der Waals surface area contributed by atoms with E-state index < -0.39 is 0 Å². The molecule has 94 valence electrons. The third-order valence-corrected chi connectivity index (χ3v) is 5.77. The molecule has 1 heterocycles. The van der Waals surface area contributed by atoms with E-state index in [4.69, 9.17) is 5.73 Å². The lowest BCUT2D eigenvalue weighted by atomic mass is 10.2. The van der Waals surface area contributed by atoms with Crippen molar-refractivity contribution >= 4 is 22.7 Å². The van der Waals surface area contributed by atoms with E-state index in [-0.39, 0.29) is 0 Å². The number of nitrogens with two attached hydrogens (primary N) is 1. The topological polar surface area (TPSA) is 30.9 Å². The molecule has 0 aliphatic rings. The molecule has 0 saturated heterocycles. The zero-order valence-electron chi connectivity index (χ0n) is 11.4. The predicted molar refractivity (Wildman–Crippen MR) is 79.4 cm³/mol. The Balaban J connectivity index is 3.38. The Hall–Kier alpha value is -0.870. The van der Waals surface area contributed by atoms with Crippen molar-refractivity contribution in [1.29, 1.82) is 0 Å². The van der Waals surface area contributed by atoms with E-state index in [0.717, 1.165) is 5.57 Å². The van der Waals surface area contributed by atoms with Crippen molar-refractivity contribution in [3.63, 3.8) is 0 Å². The summed E-state index contributed by atoms with van der Waals surface area (Å²) in [7, 11) is 2.12. The van der Waals surface area contributed by atoms with Gasteiger partial charge in [-0.1, -0.05) is 13.8 Å². The minimum atomic E-state index is 1.14. The Kier molecular flexibility index (Phi) is 4.71. The molecule has 0 unspecified atom stereocenters. The van der Waals surface area contributed by atoms with Crippen LogP contribution in [0.3, 0.4) is 0 Å². The molecular formula is C13H21N2S2+. The summed E-state index contributed by atoms with van der Waals surface area (Å²) in [6.07, 6.45) is 1.67. The molecule has 4 heteroatoms. The van der Waals surface area contributed by atoms with E-state index in [9.17, 15) is 0 Å². The number of rotatable bonds is 2. The lowest BCUT2D eigenvalue weighted by Gasteiger charge is -2.03. The summed E-state index contributed by atoms with van der Waals surface area (Å²) < 4.78 is 3.55. The molecule has 2 nitrogen and oxygen atoms in total. The van der Waals surface area contributed by atoms with Crippen molar-refractivity contribution in [1.82, 2.24) is 4.57 Å². The van der Waals surface area contributed by atoms with Crippen LogP contribution in [0.4, 0.5) is 0 Å². The van der Waals surface area contributed by atoms with Gasteiger partial charge < -0.3 is 5.73 Å². The van der Waals surface area contributed by atoms with Crippen molar-refractivity contribution in [2.24, 2.45) is 12.8 Å². The first-order chi connectivity index (χ1) is 7.88. The van der Waals surface area contributed by atoms with Gasteiger partial charge >= 0.3 is 3.95 Å². The maximum atomic E-state index is 5.55. The molecule has 1 rings (SSSR count). The third-order valence-electron chi connectivity index (χ3n) is 3.13. The van der Waals surface area contributed by atoms with Crippen molar-refractivity contribution in [2.45, 2.75) is 34.6 Å². The molecule has 0 amide bonds. The van der Waals surface area contributed by atoms with E-state index in [0.29, 0.717) is 0 Å². The van der Waals surface area contributed by atoms with E-state index >= 15 is 0 Å². The summed E-state index contributed by atoms with van der Waals surface area (Å²) in [5, 5.41) is 1.25. The van der Waals surface area contributed by atoms with Crippen LogP contribution in [0.1, 0.15) is 30.0 Å². The highest BCUT2D eigenvalue weighted by molar-refractivity contribution is 7.75. The van der Waals surface area contributed by atoms with Gasteiger partial charge in [-0.05, 0) is 6.92 Å². The van der Waals surface area contributed by atoms with Gasteiger partial charge in [0.25, 0.3) is 0 Å². The second kappa shape index (κ2) is 5.65. The number of aryl methyl sites for hydroxylation is 1. The van der Waals surface area contributed by atoms with Crippen LogP contribution < -0.4 is 5.73 Å². The molecule has 2 N–H and O–H groups in total. The van der Waals surface area contributed by atoms with Gasteiger partial charge in [-0.15, -0.1) is 11.8 Å². The lowest BCUT2D eigenvalue weighted by Crippen LogP contribution is -2.04. The van der Waals surface area contributed by atoms with Gasteiger partial charge in [-0.2, -0.15) is 4.57 Å². The first-order valence-electron chi connectivity index (χ1n) is 5.58. The minimum Gasteiger partial charge on any atom is -0.481 e. The predicted octanol–water partition coefficient (Wildman–Crippen LogP) is 3.32. The molecule has 1 aromatic rings. The van der Waals surface area contributed by atoms with Crippen LogP contribution in [0.25, 0.3) is 0 Å². The SMILES string of the molecule is CC(=CN)[C-](C)[S+]=c1s[c+](C)c(C)c(C)n1C. The standard InChI is InChI=1S/C13H21N2S2/c1-8(7-14)11(4)16-13-15(6)10(3)9(2)12(5)17-13/h7H,14H2,1-6H3/q+1. The largest absolute Gasteiger partial charge is 0.481 e. The van der Waals surface area contributed by atoms with Crippen LogP contribution in [0.15, 0.2) is 11.8 Å². The monoisotopic (exact) mass is 269 g/mol. The van der Waals surface area contributed by atoms with E-state index in [2.05, 4.69) is 39.3 Å². The summed E-state index contributed by atoms with van der Waals surface area (Å²) in [5.41, 5.74) is 9.39. The zero-order valence-corrected chi connectivity index (χ0v) is 13.1. The van der Waals surface area contributed by atoms with Crippen LogP contribution in [0.2, 0.25) is 0 Å².